The molecule has 1 amide bonds. The smallest absolute Gasteiger partial charge is 0.475 e. The Morgan fingerprint density at radius 2 is 2.00 bits per heavy atom. The summed E-state index contributed by atoms with van der Waals surface area (Å²) in [6.07, 6.45) is -2.44. The fourth-order valence-corrected chi connectivity index (χ4v) is 2.49. The number of amides is 1. The molecule has 0 spiro atoms. The van der Waals surface area contributed by atoms with Crippen LogP contribution in [0.3, 0.4) is 0 Å². The molecule has 1 saturated heterocycles. The van der Waals surface area contributed by atoms with Crippen LogP contribution < -0.4 is 10.6 Å². The van der Waals surface area contributed by atoms with Crippen molar-refractivity contribution in [1.82, 2.24) is 10.6 Å². The Hall–Kier alpha value is -1.51. The summed E-state index contributed by atoms with van der Waals surface area (Å²) in [5, 5.41) is 14.6. The number of hydrogen-bond acceptors (Lipinski definition) is 3. The molecule has 5 nitrogen and oxygen atoms in total. The highest BCUT2D eigenvalue weighted by atomic mass is 35.5. The number of nitrogens with one attached hydrogen (secondary N) is 2. The third kappa shape index (κ3) is 7.94. The maximum absolute atomic E-state index is 11.2. The fourth-order valence-electron chi connectivity index (χ4n) is 2.10. The summed E-state index contributed by atoms with van der Waals surface area (Å²) < 4.78 is 31.7. The fraction of sp³-hybridized carbons (Fsp3) is 0.467. The number of carboxylic acid groups (broad SMARTS) is 1. The second kappa shape index (κ2) is 9.84. The normalized spacial score (nSPS) is 17.3. The zero-order valence-electron chi connectivity index (χ0n) is 13.0. The Morgan fingerprint density at radius 1 is 1.36 bits per heavy atom. The van der Waals surface area contributed by atoms with E-state index >= 15 is 0 Å². The summed E-state index contributed by atoms with van der Waals surface area (Å²) in [5.41, 5.74) is 0.978. The van der Waals surface area contributed by atoms with Crippen LogP contribution in [0.1, 0.15) is 24.8 Å². The van der Waals surface area contributed by atoms with Gasteiger partial charge in [0, 0.05) is 25.6 Å². The summed E-state index contributed by atoms with van der Waals surface area (Å²) in [4.78, 5) is 20.1. The van der Waals surface area contributed by atoms with Gasteiger partial charge in [-0.05, 0) is 24.5 Å². The highest BCUT2D eigenvalue weighted by Gasteiger charge is 2.38. The van der Waals surface area contributed by atoms with Crippen molar-refractivity contribution in [3.8, 4) is 0 Å². The van der Waals surface area contributed by atoms with Gasteiger partial charge >= 0.3 is 12.1 Å². The Morgan fingerprint density at radius 3 is 2.56 bits per heavy atom. The number of aliphatic carboxylic acids is 1. The summed E-state index contributed by atoms with van der Waals surface area (Å²) >= 11 is 12.0. The van der Waals surface area contributed by atoms with Crippen LogP contribution in [-0.2, 0) is 16.1 Å². The van der Waals surface area contributed by atoms with Crippen molar-refractivity contribution in [3.05, 3.63) is 33.8 Å². The predicted octanol–water partition coefficient (Wildman–Crippen LogP) is 3.39. The van der Waals surface area contributed by atoms with Crippen LogP contribution in [0.4, 0.5) is 13.2 Å². The molecule has 0 bridgehead atoms. The van der Waals surface area contributed by atoms with Gasteiger partial charge in [0.15, 0.2) is 0 Å². The summed E-state index contributed by atoms with van der Waals surface area (Å²) in [6.45, 7) is 1.42. The average Bonchev–Trinajstić information content (AvgIpc) is 2.51. The van der Waals surface area contributed by atoms with E-state index in [0.29, 0.717) is 23.0 Å². The molecule has 0 aromatic heterocycles. The number of carbonyl (C=O) groups is 2. The van der Waals surface area contributed by atoms with Crippen LogP contribution in [0.5, 0.6) is 0 Å². The number of rotatable bonds is 4. The van der Waals surface area contributed by atoms with E-state index in [0.717, 1.165) is 24.9 Å². The second-order valence-corrected chi connectivity index (χ2v) is 6.09. The van der Waals surface area contributed by atoms with E-state index in [-0.39, 0.29) is 11.9 Å². The van der Waals surface area contributed by atoms with Crippen LogP contribution in [0.15, 0.2) is 18.2 Å². The minimum absolute atomic E-state index is 0.147. The third-order valence-corrected chi connectivity index (χ3v) is 4.16. The molecule has 0 aliphatic carbocycles. The molecular weight excluding hydrogens is 384 g/mol. The molecule has 1 aromatic rings. The van der Waals surface area contributed by atoms with Crippen molar-refractivity contribution in [1.29, 1.82) is 0 Å². The van der Waals surface area contributed by atoms with Crippen molar-refractivity contribution in [3.63, 3.8) is 0 Å². The van der Waals surface area contributed by atoms with Crippen LogP contribution in [0.25, 0.3) is 0 Å². The maximum atomic E-state index is 11.2. The molecule has 1 fully saturated rings. The standard InChI is InChI=1S/C13H16Cl2N2O.C2HF3O2/c14-11-5-1-3-9(13(11)15)7-16-8-10-4-2-6-12(18)17-10;3-2(4,5)1(6)7/h1,3,5,10,16H,2,4,6-8H2,(H,17,18);(H,6,7)/t10-;/m1./s1. The highest BCUT2D eigenvalue weighted by Crippen LogP contribution is 2.25. The molecule has 0 radical (unpaired) electrons. The first-order valence-corrected chi connectivity index (χ1v) is 8.10. The minimum atomic E-state index is -5.08. The van der Waals surface area contributed by atoms with Gasteiger partial charge in [-0.2, -0.15) is 13.2 Å². The number of carbonyl (C=O) groups excluding carboxylic acids is 1. The molecule has 0 unspecified atom stereocenters. The van der Waals surface area contributed by atoms with E-state index in [1.54, 1.807) is 6.07 Å². The average molecular weight is 401 g/mol. The van der Waals surface area contributed by atoms with Gasteiger partial charge in [-0.25, -0.2) is 4.79 Å². The van der Waals surface area contributed by atoms with E-state index in [9.17, 15) is 18.0 Å². The molecule has 3 N–H and O–H groups in total. The van der Waals surface area contributed by atoms with Gasteiger partial charge in [-0.15, -0.1) is 0 Å². The third-order valence-electron chi connectivity index (χ3n) is 3.30. The van der Waals surface area contributed by atoms with Crippen molar-refractivity contribution < 1.29 is 27.9 Å². The van der Waals surface area contributed by atoms with Gasteiger partial charge < -0.3 is 15.7 Å². The second-order valence-electron chi connectivity index (χ2n) is 5.30. The lowest BCUT2D eigenvalue weighted by Crippen LogP contribution is -2.44. The van der Waals surface area contributed by atoms with Crippen molar-refractivity contribution >= 4 is 35.1 Å². The van der Waals surface area contributed by atoms with Crippen molar-refractivity contribution in [2.24, 2.45) is 0 Å². The number of benzene rings is 1. The van der Waals surface area contributed by atoms with Crippen LogP contribution in [0.2, 0.25) is 10.0 Å². The summed E-state index contributed by atoms with van der Waals surface area (Å²) in [7, 11) is 0. The number of piperidine rings is 1. The van der Waals surface area contributed by atoms with Gasteiger partial charge in [-0.1, -0.05) is 35.3 Å². The molecule has 1 aliphatic heterocycles. The molecular formula is C15H17Cl2F3N2O3. The molecule has 10 heteroatoms. The zero-order chi connectivity index (χ0) is 19.0. The predicted molar refractivity (Wildman–Crippen MR) is 87.6 cm³/mol. The largest absolute Gasteiger partial charge is 0.490 e. The van der Waals surface area contributed by atoms with Gasteiger partial charge in [-0.3, -0.25) is 4.79 Å². The molecule has 0 saturated carbocycles. The molecule has 2 rings (SSSR count). The number of hydrogen-bond donors (Lipinski definition) is 3. The van der Waals surface area contributed by atoms with E-state index in [1.165, 1.54) is 0 Å². The monoisotopic (exact) mass is 400 g/mol. The van der Waals surface area contributed by atoms with E-state index < -0.39 is 12.1 Å². The minimum Gasteiger partial charge on any atom is -0.475 e. The van der Waals surface area contributed by atoms with Crippen LogP contribution >= 0.6 is 23.2 Å². The van der Waals surface area contributed by atoms with Gasteiger partial charge in [0.25, 0.3) is 0 Å². The summed E-state index contributed by atoms with van der Waals surface area (Å²) in [5.74, 6) is -2.61. The maximum Gasteiger partial charge on any atom is 0.490 e. The molecule has 1 heterocycles. The van der Waals surface area contributed by atoms with E-state index in [2.05, 4.69) is 10.6 Å². The molecule has 1 aliphatic rings. The van der Waals surface area contributed by atoms with Gasteiger partial charge in [0.2, 0.25) is 5.91 Å². The SMILES string of the molecule is O=C(O)C(F)(F)F.O=C1CCC[C@H](CNCc2cccc(Cl)c2Cl)N1. The Labute approximate surface area is 152 Å². The quantitative estimate of drug-likeness (QED) is 0.723. The van der Waals surface area contributed by atoms with E-state index in [4.69, 9.17) is 33.1 Å². The number of halogens is 5. The van der Waals surface area contributed by atoms with Crippen molar-refractivity contribution in [2.45, 2.75) is 38.0 Å². The lowest BCUT2D eigenvalue weighted by Gasteiger charge is -2.23. The molecule has 1 atom stereocenters. The Bertz CT molecular complexity index is 612. The first kappa shape index (κ1) is 21.5. The lowest BCUT2D eigenvalue weighted by molar-refractivity contribution is -0.192. The van der Waals surface area contributed by atoms with E-state index in [1.807, 2.05) is 12.1 Å². The van der Waals surface area contributed by atoms with Crippen LogP contribution in [-0.4, -0.2) is 35.7 Å². The Balaban J connectivity index is 0.000000381. The highest BCUT2D eigenvalue weighted by molar-refractivity contribution is 6.42. The first-order valence-electron chi connectivity index (χ1n) is 7.34. The molecule has 140 valence electrons. The van der Waals surface area contributed by atoms with Gasteiger partial charge in [0.1, 0.15) is 0 Å². The Kier molecular flexibility index (Phi) is 8.47. The molecule has 1 aromatic carbocycles. The lowest BCUT2D eigenvalue weighted by atomic mass is 10.0. The topological polar surface area (TPSA) is 78.4 Å². The van der Waals surface area contributed by atoms with Crippen molar-refractivity contribution in [2.75, 3.05) is 6.54 Å². The summed E-state index contributed by atoms with van der Waals surface area (Å²) in [6, 6.07) is 5.83. The van der Waals surface area contributed by atoms with Crippen LogP contribution in [0, 0.1) is 0 Å². The first-order chi connectivity index (χ1) is 11.6. The number of carboxylic acids is 1. The zero-order valence-corrected chi connectivity index (χ0v) is 14.5. The molecule has 25 heavy (non-hydrogen) atoms. The van der Waals surface area contributed by atoms with Gasteiger partial charge in [0.05, 0.1) is 10.0 Å². The number of alkyl halides is 3.